The number of rotatable bonds is 7. The molecule has 0 radical (unpaired) electrons. The molecule has 180 valence electrons. The monoisotopic (exact) mass is 496 g/mol. The molecule has 1 amide bonds. The Morgan fingerprint density at radius 3 is 2.28 bits per heavy atom. The van der Waals surface area contributed by atoms with Crippen LogP contribution in [0.2, 0.25) is 0 Å². The second kappa shape index (κ2) is 9.77. The maximum Gasteiger partial charge on any atom is 0.255 e. The number of nitrogens with zero attached hydrogens (tertiary/aromatic N) is 2. The Kier molecular flexibility index (Phi) is 6.37. The zero-order valence-electron chi connectivity index (χ0n) is 19.5. The third-order valence-corrected chi connectivity index (χ3v) is 7.71. The van der Waals surface area contributed by atoms with Gasteiger partial charge in [-0.3, -0.25) is 4.79 Å². The van der Waals surface area contributed by atoms with Gasteiger partial charge in [0.05, 0.1) is 21.6 Å². The van der Waals surface area contributed by atoms with Gasteiger partial charge in [-0.05, 0) is 54.1 Å². The van der Waals surface area contributed by atoms with E-state index >= 15 is 0 Å². The van der Waals surface area contributed by atoms with Crippen LogP contribution in [0.4, 0.5) is 5.69 Å². The SMILES string of the molecule is CN(Cc1ccccc1)S(=O)(=O)c1ccc(C(=O)Nc2ccccc2-c2nc3ccccc3[nH]2)cc1. The van der Waals surface area contributed by atoms with Crippen molar-refractivity contribution in [3.8, 4) is 11.4 Å². The fourth-order valence-electron chi connectivity index (χ4n) is 3.96. The van der Waals surface area contributed by atoms with Crippen molar-refractivity contribution in [2.45, 2.75) is 11.4 Å². The first kappa shape index (κ1) is 23.5. The van der Waals surface area contributed by atoms with Crippen LogP contribution in [0.15, 0.2) is 108 Å². The third kappa shape index (κ3) is 4.77. The predicted molar refractivity (Wildman–Crippen MR) is 141 cm³/mol. The number of aromatic nitrogens is 2. The minimum Gasteiger partial charge on any atom is -0.338 e. The van der Waals surface area contributed by atoms with Gasteiger partial charge in [-0.25, -0.2) is 13.4 Å². The van der Waals surface area contributed by atoms with Crippen molar-refractivity contribution in [2.24, 2.45) is 0 Å². The number of anilines is 1. The van der Waals surface area contributed by atoms with Crippen molar-refractivity contribution in [3.05, 3.63) is 114 Å². The number of carbonyl (C=O) groups is 1. The van der Waals surface area contributed by atoms with E-state index in [-0.39, 0.29) is 17.3 Å². The average Bonchev–Trinajstić information content (AvgIpc) is 3.34. The molecule has 1 aromatic heterocycles. The molecule has 1 heterocycles. The molecule has 4 aromatic carbocycles. The maximum absolute atomic E-state index is 13.0. The molecule has 0 saturated heterocycles. The second-order valence-electron chi connectivity index (χ2n) is 8.37. The first-order valence-corrected chi connectivity index (χ1v) is 12.8. The highest BCUT2D eigenvalue weighted by Crippen LogP contribution is 2.28. The van der Waals surface area contributed by atoms with E-state index in [0.717, 1.165) is 22.2 Å². The summed E-state index contributed by atoms with van der Waals surface area (Å²) in [6, 6.07) is 30.4. The molecule has 0 aliphatic rings. The third-order valence-electron chi connectivity index (χ3n) is 5.89. The smallest absolute Gasteiger partial charge is 0.255 e. The highest BCUT2D eigenvalue weighted by molar-refractivity contribution is 7.89. The lowest BCUT2D eigenvalue weighted by atomic mass is 10.1. The van der Waals surface area contributed by atoms with Gasteiger partial charge in [0.1, 0.15) is 5.82 Å². The molecule has 36 heavy (non-hydrogen) atoms. The number of imidazole rings is 1. The lowest BCUT2D eigenvalue weighted by molar-refractivity contribution is 0.102. The van der Waals surface area contributed by atoms with Crippen molar-refractivity contribution in [2.75, 3.05) is 12.4 Å². The Labute approximate surface area is 209 Å². The molecule has 0 unspecified atom stereocenters. The zero-order valence-corrected chi connectivity index (χ0v) is 20.4. The van der Waals surface area contributed by atoms with Crippen molar-refractivity contribution < 1.29 is 13.2 Å². The van der Waals surface area contributed by atoms with Gasteiger partial charge in [-0.2, -0.15) is 4.31 Å². The number of para-hydroxylation sites is 3. The van der Waals surface area contributed by atoms with Crippen LogP contribution < -0.4 is 5.32 Å². The molecule has 0 bridgehead atoms. The number of H-pyrrole nitrogens is 1. The fraction of sp³-hybridized carbons (Fsp3) is 0.0714. The van der Waals surface area contributed by atoms with Crippen LogP contribution in [0.25, 0.3) is 22.4 Å². The minimum absolute atomic E-state index is 0.125. The summed E-state index contributed by atoms with van der Waals surface area (Å²) in [5.74, 6) is 0.301. The van der Waals surface area contributed by atoms with Gasteiger partial charge in [-0.1, -0.05) is 54.6 Å². The van der Waals surface area contributed by atoms with Crippen LogP contribution >= 0.6 is 0 Å². The molecule has 0 atom stereocenters. The zero-order chi connectivity index (χ0) is 25.1. The highest BCUT2D eigenvalue weighted by Gasteiger charge is 2.21. The lowest BCUT2D eigenvalue weighted by Crippen LogP contribution is -2.26. The summed E-state index contributed by atoms with van der Waals surface area (Å²) in [5.41, 5.74) is 4.33. The van der Waals surface area contributed by atoms with Crippen molar-refractivity contribution in [1.29, 1.82) is 0 Å². The number of hydrogen-bond donors (Lipinski definition) is 2. The Balaban J connectivity index is 1.34. The Hall–Kier alpha value is -4.27. The molecule has 0 spiro atoms. The van der Waals surface area contributed by atoms with E-state index in [1.54, 1.807) is 6.07 Å². The topological polar surface area (TPSA) is 95.2 Å². The average molecular weight is 497 g/mol. The molecule has 0 aliphatic heterocycles. The number of hydrogen-bond acceptors (Lipinski definition) is 4. The van der Waals surface area contributed by atoms with Gasteiger partial charge < -0.3 is 10.3 Å². The van der Waals surface area contributed by atoms with Crippen molar-refractivity contribution in [1.82, 2.24) is 14.3 Å². The second-order valence-corrected chi connectivity index (χ2v) is 10.4. The van der Waals surface area contributed by atoms with E-state index in [9.17, 15) is 13.2 Å². The molecule has 0 aliphatic carbocycles. The van der Waals surface area contributed by atoms with Gasteiger partial charge >= 0.3 is 0 Å². The summed E-state index contributed by atoms with van der Waals surface area (Å²) in [6.07, 6.45) is 0. The van der Waals surface area contributed by atoms with E-state index < -0.39 is 10.0 Å². The largest absolute Gasteiger partial charge is 0.338 e. The first-order valence-electron chi connectivity index (χ1n) is 11.4. The van der Waals surface area contributed by atoms with Crippen molar-refractivity contribution in [3.63, 3.8) is 0 Å². The molecular weight excluding hydrogens is 472 g/mol. The molecule has 5 rings (SSSR count). The number of fused-ring (bicyclic) bond motifs is 1. The van der Waals surface area contributed by atoms with Gasteiger partial charge in [0.15, 0.2) is 0 Å². The normalized spacial score (nSPS) is 11.6. The molecular formula is C28H24N4O3S. The summed E-state index contributed by atoms with van der Waals surface area (Å²) < 4.78 is 27.3. The van der Waals surface area contributed by atoms with Gasteiger partial charge in [-0.15, -0.1) is 0 Å². The number of sulfonamides is 1. The van der Waals surface area contributed by atoms with E-state index in [1.165, 1.54) is 35.6 Å². The highest BCUT2D eigenvalue weighted by atomic mass is 32.2. The van der Waals surface area contributed by atoms with Crippen LogP contribution in [-0.4, -0.2) is 35.6 Å². The van der Waals surface area contributed by atoms with E-state index in [2.05, 4.69) is 15.3 Å². The summed E-state index contributed by atoms with van der Waals surface area (Å²) in [5, 5.41) is 2.92. The number of aromatic amines is 1. The molecule has 8 heteroatoms. The Bertz CT molecular complexity index is 1600. The Morgan fingerprint density at radius 1 is 0.861 bits per heavy atom. The number of nitrogens with one attached hydrogen (secondary N) is 2. The molecule has 7 nitrogen and oxygen atoms in total. The van der Waals surface area contributed by atoms with Crippen molar-refractivity contribution >= 4 is 32.7 Å². The van der Waals surface area contributed by atoms with Gasteiger partial charge in [0, 0.05) is 24.7 Å². The quantitative estimate of drug-likeness (QED) is 0.320. The lowest BCUT2D eigenvalue weighted by Gasteiger charge is -2.17. The summed E-state index contributed by atoms with van der Waals surface area (Å²) in [7, 11) is -2.17. The Morgan fingerprint density at radius 2 is 1.53 bits per heavy atom. The van der Waals surface area contributed by atoms with Crippen LogP contribution in [0.3, 0.4) is 0 Å². The fourth-order valence-corrected chi connectivity index (χ4v) is 5.12. The van der Waals surface area contributed by atoms with Crippen LogP contribution in [0.5, 0.6) is 0 Å². The summed E-state index contributed by atoms with van der Waals surface area (Å²) in [4.78, 5) is 21.0. The molecule has 2 N–H and O–H groups in total. The summed E-state index contributed by atoms with van der Waals surface area (Å²) in [6.45, 7) is 0.254. The first-order chi connectivity index (χ1) is 17.4. The van der Waals surface area contributed by atoms with Gasteiger partial charge in [0.25, 0.3) is 5.91 Å². The van der Waals surface area contributed by atoms with Crippen LogP contribution in [0, 0.1) is 0 Å². The van der Waals surface area contributed by atoms with E-state index in [0.29, 0.717) is 17.1 Å². The van der Waals surface area contributed by atoms with Crippen LogP contribution in [-0.2, 0) is 16.6 Å². The number of benzene rings is 4. The molecule has 0 saturated carbocycles. The maximum atomic E-state index is 13.0. The molecule has 5 aromatic rings. The van der Waals surface area contributed by atoms with E-state index in [1.807, 2.05) is 72.8 Å². The minimum atomic E-state index is -3.70. The summed E-state index contributed by atoms with van der Waals surface area (Å²) >= 11 is 0. The van der Waals surface area contributed by atoms with Crippen LogP contribution in [0.1, 0.15) is 15.9 Å². The standard InChI is InChI=1S/C28H24N4O3S/c1-32(19-20-9-3-2-4-10-20)36(34,35)22-17-15-21(16-18-22)28(33)31-24-12-6-5-11-23(24)27-29-25-13-7-8-14-26(25)30-27/h2-18H,19H2,1H3,(H,29,30)(H,31,33). The molecule has 0 fully saturated rings. The number of carbonyl (C=O) groups excluding carboxylic acids is 1. The number of amides is 1. The van der Waals surface area contributed by atoms with E-state index in [4.69, 9.17) is 0 Å². The predicted octanol–water partition coefficient (Wildman–Crippen LogP) is 5.30. The van der Waals surface area contributed by atoms with Gasteiger partial charge in [0.2, 0.25) is 10.0 Å².